The zero-order valence-electron chi connectivity index (χ0n) is 29.7. The first kappa shape index (κ1) is 44.6. The lowest BCUT2D eigenvalue weighted by Gasteiger charge is -2.34. The second-order valence-corrected chi connectivity index (χ2v) is 12.3. The van der Waals surface area contributed by atoms with E-state index in [0.29, 0.717) is 65.6 Å². The molecule has 0 aromatic carbocycles. The van der Waals surface area contributed by atoms with E-state index in [1.54, 1.807) is 0 Å². The summed E-state index contributed by atoms with van der Waals surface area (Å²) in [5.74, 6) is 0. The van der Waals surface area contributed by atoms with E-state index in [-0.39, 0.29) is 38.7 Å². The Labute approximate surface area is 275 Å². The van der Waals surface area contributed by atoms with Gasteiger partial charge in [0, 0.05) is 58.6 Å². The first-order valence-electron chi connectivity index (χ1n) is 17.8. The molecule has 0 aliphatic rings. The Morgan fingerprint density at radius 1 is 0.467 bits per heavy atom. The van der Waals surface area contributed by atoms with Crippen molar-refractivity contribution in [3.63, 3.8) is 0 Å². The molecule has 0 saturated heterocycles. The number of ether oxygens (including phenoxy) is 5. The van der Waals surface area contributed by atoms with E-state index < -0.39 is 24.4 Å². The van der Waals surface area contributed by atoms with Crippen molar-refractivity contribution >= 4 is 0 Å². The molecule has 0 heterocycles. The average molecular weight is 653 g/mol. The van der Waals surface area contributed by atoms with Gasteiger partial charge < -0.3 is 44.1 Å². The number of nitrogens with zero attached hydrogens (tertiary/aromatic N) is 2. The number of aliphatic hydroxyl groups excluding tert-OH is 4. The molecule has 0 rings (SSSR count). The van der Waals surface area contributed by atoms with E-state index in [4.69, 9.17) is 23.7 Å². The zero-order valence-corrected chi connectivity index (χ0v) is 29.7. The molecule has 45 heavy (non-hydrogen) atoms. The van der Waals surface area contributed by atoms with Crippen LogP contribution in [0.4, 0.5) is 0 Å². The molecule has 0 radical (unpaired) electrons. The zero-order chi connectivity index (χ0) is 33.7. The number of unbranched alkanes of at least 4 members (excludes halogenated alkanes) is 4. The molecule has 272 valence electrons. The highest BCUT2D eigenvalue weighted by atomic mass is 16.5. The van der Waals surface area contributed by atoms with Crippen molar-refractivity contribution in [1.29, 1.82) is 0 Å². The van der Waals surface area contributed by atoms with Gasteiger partial charge in [-0.3, -0.25) is 9.80 Å². The number of hydrogen-bond acceptors (Lipinski definition) is 11. The fourth-order valence-electron chi connectivity index (χ4n) is 4.66. The second kappa shape index (κ2) is 30.9. The number of hydrogen-bond donors (Lipinski definition) is 4. The smallest absolute Gasteiger partial charge is 0.107 e. The van der Waals surface area contributed by atoms with Gasteiger partial charge in [0.05, 0.1) is 57.5 Å². The molecule has 0 aromatic rings. The van der Waals surface area contributed by atoms with E-state index in [0.717, 1.165) is 51.4 Å². The van der Waals surface area contributed by atoms with Crippen LogP contribution < -0.4 is 0 Å². The standard InChI is InChI=1S/C34H72N2O9/c1-7-11-16-41-25-31(37)21-35(22-32(38)26-42-17-12-8-2)29(5)15-20-45-30(6)36(23-33(39)27-43-18-13-9-3)24-34(40)28-44-19-14-10-4/h29-34,37-40H,7-28H2,1-6H3. The Kier molecular flexibility index (Phi) is 30.6. The van der Waals surface area contributed by atoms with E-state index in [1.807, 2.05) is 11.8 Å². The van der Waals surface area contributed by atoms with Gasteiger partial charge in [0.1, 0.15) is 6.23 Å². The van der Waals surface area contributed by atoms with E-state index in [9.17, 15) is 20.4 Å². The van der Waals surface area contributed by atoms with Gasteiger partial charge in [-0.15, -0.1) is 0 Å². The lowest BCUT2D eigenvalue weighted by molar-refractivity contribution is -0.0960. The van der Waals surface area contributed by atoms with Crippen molar-refractivity contribution < 1.29 is 44.1 Å². The first-order chi connectivity index (χ1) is 21.7. The van der Waals surface area contributed by atoms with Gasteiger partial charge in [0.15, 0.2) is 0 Å². The molecule has 0 aliphatic heterocycles. The molecule has 4 N–H and O–H groups in total. The number of rotatable bonds is 34. The lowest BCUT2D eigenvalue weighted by Crippen LogP contribution is -2.47. The third-order valence-corrected chi connectivity index (χ3v) is 7.62. The Morgan fingerprint density at radius 2 is 0.778 bits per heavy atom. The van der Waals surface area contributed by atoms with Crippen LogP contribution in [-0.4, -0.2) is 153 Å². The summed E-state index contributed by atoms with van der Waals surface area (Å²) in [4.78, 5) is 4.00. The van der Waals surface area contributed by atoms with Gasteiger partial charge in [-0.05, 0) is 46.0 Å². The molecule has 0 aliphatic carbocycles. The van der Waals surface area contributed by atoms with Crippen molar-refractivity contribution in [3.8, 4) is 0 Å². The van der Waals surface area contributed by atoms with Gasteiger partial charge in [0.25, 0.3) is 0 Å². The molecule has 0 aromatic heterocycles. The lowest BCUT2D eigenvalue weighted by atomic mass is 10.1. The molecule has 6 atom stereocenters. The third-order valence-electron chi connectivity index (χ3n) is 7.62. The van der Waals surface area contributed by atoms with Crippen LogP contribution in [-0.2, 0) is 23.7 Å². The normalized spacial score (nSPS) is 16.3. The van der Waals surface area contributed by atoms with Gasteiger partial charge >= 0.3 is 0 Å². The fourth-order valence-corrected chi connectivity index (χ4v) is 4.66. The van der Waals surface area contributed by atoms with E-state index in [2.05, 4.69) is 39.5 Å². The van der Waals surface area contributed by atoms with Crippen LogP contribution in [0.3, 0.4) is 0 Å². The van der Waals surface area contributed by atoms with Crippen LogP contribution in [0.25, 0.3) is 0 Å². The Morgan fingerprint density at radius 3 is 1.09 bits per heavy atom. The molecule has 0 saturated carbocycles. The van der Waals surface area contributed by atoms with E-state index in [1.165, 1.54) is 0 Å². The quantitative estimate of drug-likeness (QED) is 0.0602. The Bertz CT molecular complexity index is 532. The number of aliphatic hydroxyl groups is 4. The topological polar surface area (TPSA) is 134 Å². The summed E-state index contributed by atoms with van der Waals surface area (Å²) < 4.78 is 28.7. The van der Waals surface area contributed by atoms with Gasteiger partial charge in [-0.25, -0.2) is 0 Å². The molecular weight excluding hydrogens is 580 g/mol. The van der Waals surface area contributed by atoms with Crippen molar-refractivity contribution in [2.24, 2.45) is 0 Å². The first-order valence-corrected chi connectivity index (χ1v) is 17.8. The molecule has 0 amide bonds. The predicted molar refractivity (Wildman–Crippen MR) is 180 cm³/mol. The molecule has 0 bridgehead atoms. The summed E-state index contributed by atoms with van der Waals surface area (Å²) in [5, 5.41) is 42.7. The van der Waals surface area contributed by atoms with Gasteiger partial charge in [-0.2, -0.15) is 0 Å². The predicted octanol–water partition coefficient (Wildman–Crippen LogP) is 3.44. The van der Waals surface area contributed by atoms with Crippen molar-refractivity contribution in [1.82, 2.24) is 9.80 Å². The molecular formula is C34H72N2O9. The minimum atomic E-state index is -0.711. The maximum absolute atomic E-state index is 10.7. The van der Waals surface area contributed by atoms with Crippen molar-refractivity contribution in [3.05, 3.63) is 0 Å². The fraction of sp³-hybridized carbons (Fsp3) is 1.00. The van der Waals surface area contributed by atoms with Crippen molar-refractivity contribution in [2.45, 2.75) is 136 Å². The maximum atomic E-state index is 10.7. The summed E-state index contributed by atoms with van der Waals surface area (Å²) in [5.41, 5.74) is 0. The maximum Gasteiger partial charge on any atom is 0.107 e. The summed E-state index contributed by atoms with van der Waals surface area (Å²) in [6.45, 7) is 17.6. The van der Waals surface area contributed by atoms with Crippen LogP contribution in [0, 0.1) is 0 Å². The Hall–Kier alpha value is -0.440. The SMILES string of the molecule is CCCCOCC(O)CN(CC(O)COCCCC)C(C)CCOC(C)N(CC(O)COCCCC)CC(O)COCCCC. The minimum Gasteiger partial charge on any atom is -0.389 e. The highest BCUT2D eigenvalue weighted by molar-refractivity contribution is 4.76. The third kappa shape index (κ3) is 26.2. The van der Waals surface area contributed by atoms with Crippen molar-refractivity contribution in [2.75, 3.05) is 85.6 Å². The van der Waals surface area contributed by atoms with Crippen LogP contribution in [0.5, 0.6) is 0 Å². The molecule has 0 spiro atoms. The molecule has 11 nitrogen and oxygen atoms in total. The highest BCUT2D eigenvalue weighted by Crippen LogP contribution is 2.12. The summed E-state index contributed by atoms with van der Waals surface area (Å²) in [6.07, 6.45) is 5.49. The van der Waals surface area contributed by atoms with Crippen LogP contribution >= 0.6 is 0 Å². The van der Waals surface area contributed by atoms with Crippen LogP contribution in [0.15, 0.2) is 0 Å². The minimum absolute atomic E-state index is 0.0105. The highest BCUT2D eigenvalue weighted by Gasteiger charge is 2.24. The monoisotopic (exact) mass is 653 g/mol. The summed E-state index contributed by atoms with van der Waals surface area (Å²) in [7, 11) is 0. The molecule has 0 fully saturated rings. The molecule has 11 heteroatoms. The van der Waals surface area contributed by atoms with Crippen LogP contribution in [0.2, 0.25) is 0 Å². The molecule has 6 unspecified atom stereocenters. The average Bonchev–Trinajstić information content (AvgIpc) is 3.01. The Balaban J connectivity index is 5.15. The van der Waals surface area contributed by atoms with E-state index >= 15 is 0 Å². The van der Waals surface area contributed by atoms with Gasteiger partial charge in [-0.1, -0.05) is 53.4 Å². The van der Waals surface area contributed by atoms with Crippen LogP contribution in [0.1, 0.15) is 99.3 Å². The second-order valence-electron chi connectivity index (χ2n) is 12.3. The summed E-state index contributed by atoms with van der Waals surface area (Å²) >= 11 is 0. The summed E-state index contributed by atoms with van der Waals surface area (Å²) in [6, 6.07) is 0.0105. The largest absolute Gasteiger partial charge is 0.389 e. The van der Waals surface area contributed by atoms with Gasteiger partial charge in [0.2, 0.25) is 0 Å².